The molecule has 2 aromatic heterocycles. The molecule has 0 radical (unpaired) electrons. The number of aromatic nitrogens is 2. The standard InChI is InChI=1S/C37H51F3N6O/c1-26-12-6-9-19-44(22-26)23-27-20-31(37(38,39)40)32-25-45(35(47)46(32)24-27)30-16-11-15-29(21-30)33(28-13-10-14-28)34-41-42-36(43(34)2)17-7-4-3-5-8-18-36/h11,15-16,20-21,24-26,28,33-34,41-42H,3-10,12-14,17-19,22-23H2,1-2H3/t26-,33+,34?/m0/s1. The molecule has 2 saturated heterocycles. The third kappa shape index (κ3) is 6.55. The summed E-state index contributed by atoms with van der Waals surface area (Å²) in [5, 5.41) is 0. The number of pyridine rings is 1. The largest absolute Gasteiger partial charge is 0.418 e. The number of hydrogen-bond donors (Lipinski definition) is 2. The lowest BCUT2D eigenvalue weighted by atomic mass is 9.71. The molecule has 7 nitrogen and oxygen atoms in total. The van der Waals surface area contributed by atoms with Gasteiger partial charge in [0, 0.05) is 31.4 Å². The zero-order valence-corrected chi connectivity index (χ0v) is 28.0. The van der Waals surface area contributed by atoms with Crippen molar-refractivity contribution in [3.8, 4) is 5.69 Å². The van der Waals surface area contributed by atoms with Gasteiger partial charge in [-0.25, -0.2) is 15.6 Å². The number of hydrazine groups is 1. The third-order valence-corrected chi connectivity index (χ3v) is 11.8. The minimum atomic E-state index is -4.58. The average molecular weight is 653 g/mol. The van der Waals surface area contributed by atoms with Crippen molar-refractivity contribution < 1.29 is 13.2 Å². The van der Waals surface area contributed by atoms with Gasteiger partial charge in [-0.05, 0) is 93.3 Å². The maximum atomic E-state index is 14.5. The highest BCUT2D eigenvalue weighted by atomic mass is 19.4. The molecule has 4 heterocycles. The van der Waals surface area contributed by atoms with E-state index < -0.39 is 17.4 Å². The second kappa shape index (κ2) is 13.3. The molecule has 7 rings (SSSR count). The fraction of sp³-hybridized carbons (Fsp3) is 0.649. The normalized spacial score (nSPS) is 25.8. The molecule has 2 aliphatic carbocycles. The van der Waals surface area contributed by atoms with Crippen LogP contribution in [0.3, 0.4) is 0 Å². The van der Waals surface area contributed by atoms with Crippen LogP contribution >= 0.6 is 0 Å². The molecule has 10 heteroatoms. The van der Waals surface area contributed by atoms with E-state index in [-0.39, 0.29) is 23.3 Å². The van der Waals surface area contributed by atoms with Crippen LogP contribution in [0.5, 0.6) is 0 Å². The van der Waals surface area contributed by atoms with Crippen LogP contribution in [0.25, 0.3) is 11.2 Å². The second-order valence-electron chi connectivity index (χ2n) is 15.1. The van der Waals surface area contributed by atoms with Gasteiger partial charge in [0.15, 0.2) is 0 Å². The molecule has 47 heavy (non-hydrogen) atoms. The molecule has 3 atom stereocenters. The van der Waals surface area contributed by atoms with Gasteiger partial charge < -0.3 is 0 Å². The minimum absolute atomic E-state index is 0.0707. The predicted octanol–water partition coefficient (Wildman–Crippen LogP) is 7.42. The van der Waals surface area contributed by atoms with Crippen LogP contribution in [0.1, 0.15) is 113 Å². The number of nitrogens with zero attached hydrogens (tertiary/aromatic N) is 4. The van der Waals surface area contributed by atoms with Gasteiger partial charge in [-0.15, -0.1) is 0 Å². The first-order chi connectivity index (χ1) is 22.6. The Bertz CT molecular complexity index is 1600. The van der Waals surface area contributed by atoms with E-state index in [1.807, 2.05) is 18.2 Å². The summed E-state index contributed by atoms with van der Waals surface area (Å²) in [4.78, 5) is 18.7. The molecule has 0 amide bonds. The molecular weight excluding hydrogens is 601 g/mol. The Morgan fingerprint density at radius 3 is 2.45 bits per heavy atom. The average Bonchev–Trinajstić information content (AvgIpc) is 3.41. The molecule has 0 bridgehead atoms. The Morgan fingerprint density at radius 2 is 1.72 bits per heavy atom. The SMILES string of the molecule is C[C@H]1CCCCN(Cc2cc(C(F)(F)F)c3cn(-c4cccc([C@@H](C5CCC5)C5NNC6(CCCCCCC6)N5C)c4)c(=O)n3c2)C1. The van der Waals surface area contributed by atoms with Crippen molar-refractivity contribution in [2.24, 2.45) is 11.8 Å². The van der Waals surface area contributed by atoms with Crippen LogP contribution in [0.4, 0.5) is 13.2 Å². The Balaban J connectivity index is 1.23. The number of hydrogen-bond acceptors (Lipinski definition) is 5. The predicted molar refractivity (Wildman–Crippen MR) is 179 cm³/mol. The highest BCUT2D eigenvalue weighted by Gasteiger charge is 2.48. The number of benzene rings is 1. The van der Waals surface area contributed by atoms with Crippen LogP contribution in [0.15, 0.2) is 47.5 Å². The van der Waals surface area contributed by atoms with Crippen LogP contribution < -0.4 is 16.5 Å². The maximum absolute atomic E-state index is 14.5. The minimum Gasteiger partial charge on any atom is -0.299 e. The van der Waals surface area contributed by atoms with Crippen LogP contribution in [-0.2, 0) is 12.7 Å². The Labute approximate surface area is 276 Å². The van der Waals surface area contributed by atoms with Gasteiger partial charge in [0.05, 0.1) is 28.6 Å². The zero-order valence-electron chi connectivity index (χ0n) is 28.0. The van der Waals surface area contributed by atoms with E-state index in [0.29, 0.717) is 29.6 Å². The van der Waals surface area contributed by atoms with Crippen molar-refractivity contribution in [3.05, 3.63) is 69.9 Å². The topological polar surface area (TPSA) is 57.0 Å². The lowest BCUT2D eigenvalue weighted by molar-refractivity contribution is -0.136. The summed E-state index contributed by atoms with van der Waals surface area (Å²) in [5.41, 5.74) is 8.26. The number of likely N-dealkylation sites (tertiary alicyclic amines) is 1. The van der Waals surface area contributed by atoms with Gasteiger partial charge in [-0.1, -0.05) is 64.0 Å². The van der Waals surface area contributed by atoms with Gasteiger partial charge >= 0.3 is 11.9 Å². The smallest absolute Gasteiger partial charge is 0.299 e. The Hall–Kier alpha value is -2.66. The van der Waals surface area contributed by atoms with Crippen molar-refractivity contribution in [3.63, 3.8) is 0 Å². The van der Waals surface area contributed by atoms with E-state index in [4.69, 9.17) is 0 Å². The fourth-order valence-corrected chi connectivity index (χ4v) is 8.95. The molecule has 256 valence electrons. The highest BCUT2D eigenvalue weighted by molar-refractivity contribution is 5.58. The molecule has 2 saturated carbocycles. The third-order valence-electron chi connectivity index (χ3n) is 11.8. The van der Waals surface area contributed by atoms with Crippen molar-refractivity contribution >= 4 is 5.52 Å². The highest BCUT2D eigenvalue weighted by Crippen LogP contribution is 2.45. The molecule has 4 aliphatic rings. The molecule has 3 aromatic rings. The Kier molecular flexibility index (Phi) is 9.32. The van der Waals surface area contributed by atoms with Crippen molar-refractivity contribution in [1.82, 2.24) is 29.6 Å². The summed E-state index contributed by atoms with van der Waals surface area (Å²) < 4.78 is 46.1. The monoisotopic (exact) mass is 652 g/mol. The lowest BCUT2D eigenvalue weighted by Gasteiger charge is -2.43. The van der Waals surface area contributed by atoms with Crippen molar-refractivity contribution in [2.45, 2.75) is 121 Å². The van der Waals surface area contributed by atoms with E-state index >= 15 is 0 Å². The summed E-state index contributed by atoms with van der Waals surface area (Å²) in [6.45, 7) is 4.31. The molecule has 4 fully saturated rings. The van der Waals surface area contributed by atoms with E-state index in [1.165, 1.54) is 59.8 Å². The fourth-order valence-electron chi connectivity index (χ4n) is 8.95. The van der Waals surface area contributed by atoms with E-state index in [9.17, 15) is 18.0 Å². The first kappa shape index (κ1) is 32.9. The van der Waals surface area contributed by atoms with E-state index in [2.05, 4.69) is 40.7 Å². The number of alkyl halides is 3. The van der Waals surface area contributed by atoms with Crippen molar-refractivity contribution in [2.75, 3.05) is 20.1 Å². The van der Waals surface area contributed by atoms with Gasteiger partial charge in [0.2, 0.25) is 0 Å². The molecule has 2 aliphatic heterocycles. The van der Waals surface area contributed by atoms with Crippen LogP contribution in [-0.4, -0.2) is 50.7 Å². The second-order valence-corrected chi connectivity index (χ2v) is 15.1. The van der Waals surface area contributed by atoms with Crippen LogP contribution in [0.2, 0.25) is 0 Å². The number of fused-ring (bicyclic) bond motifs is 1. The quantitative estimate of drug-likeness (QED) is 0.290. The van der Waals surface area contributed by atoms with Crippen LogP contribution in [0, 0.1) is 11.8 Å². The number of halogens is 3. The molecule has 1 unspecified atom stereocenters. The van der Waals surface area contributed by atoms with Gasteiger partial charge in [0.1, 0.15) is 0 Å². The molecule has 2 N–H and O–H groups in total. The Morgan fingerprint density at radius 1 is 0.957 bits per heavy atom. The number of nitrogens with one attached hydrogen (secondary N) is 2. The maximum Gasteiger partial charge on any atom is 0.418 e. The summed E-state index contributed by atoms with van der Waals surface area (Å²) in [5.74, 6) is 1.19. The zero-order chi connectivity index (χ0) is 32.8. The molecular formula is C37H51F3N6O. The first-order valence-corrected chi connectivity index (χ1v) is 18.1. The van der Waals surface area contributed by atoms with E-state index in [1.54, 1.807) is 6.20 Å². The van der Waals surface area contributed by atoms with Gasteiger partial charge in [-0.3, -0.25) is 18.8 Å². The van der Waals surface area contributed by atoms with Gasteiger partial charge in [-0.2, -0.15) is 13.2 Å². The summed E-state index contributed by atoms with van der Waals surface area (Å²) >= 11 is 0. The van der Waals surface area contributed by atoms with Gasteiger partial charge in [0.25, 0.3) is 0 Å². The van der Waals surface area contributed by atoms with E-state index in [0.717, 1.165) is 63.6 Å². The van der Waals surface area contributed by atoms with Crippen molar-refractivity contribution in [1.29, 1.82) is 0 Å². The first-order valence-electron chi connectivity index (χ1n) is 18.1. The number of likely N-dealkylation sites (N-methyl/N-ethyl adjacent to an activating group) is 1. The summed E-state index contributed by atoms with van der Waals surface area (Å²) in [7, 11) is 2.24. The molecule has 1 aromatic carbocycles. The number of rotatable bonds is 6. The summed E-state index contributed by atoms with van der Waals surface area (Å²) in [6.07, 6.45) is 13.8. The lowest BCUT2D eigenvalue weighted by Crippen LogP contribution is -2.52. The molecule has 1 spiro atoms. The summed E-state index contributed by atoms with van der Waals surface area (Å²) in [6, 6.07) is 9.21. The number of imidazole rings is 1.